The minimum absolute atomic E-state index is 0.00711. The molecule has 3 aromatic rings. The van der Waals surface area contributed by atoms with E-state index in [1.807, 2.05) is 29.2 Å². The fourth-order valence-corrected chi connectivity index (χ4v) is 6.92. The van der Waals surface area contributed by atoms with Crippen LogP contribution < -0.4 is 5.32 Å². The van der Waals surface area contributed by atoms with Crippen molar-refractivity contribution in [3.05, 3.63) is 77.6 Å². The summed E-state index contributed by atoms with van der Waals surface area (Å²) in [5.41, 5.74) is 2.53. The summed E-state index contributed by atoms with van der Waals surface area (Å²) in [7, 11) is 0. The van der Waals surface area contributed by atoms with Crippen molar-refractivity contribution in [2.45, 2.75) is 71.4 Å². The van der Waals surface area contributed by atoms with E-state index in [0.717, 1.165) is 55.0 Å². The number of amides is 2. The van der Waals surface area contributed by atoms with Crippen molar-refractivity contribution in [3.63, 3.8) is 0 Å². The van der Waals surface area contributed by atoms with Crippen LogP contribution in [0.5, 0.6) is 0 Å². The highest BCUT2D eigenvalue weighted by Crippen LogP contribution is 2.30. The van der Waals surface area contributed by atoms with Gasteiger partial charge < -0.3 is 15.1 Å². The van der Waals surface area contributed by atoms with Gasteiger partial charge in [0.05, 0.1) is 0 Å². The molecule has 0 bridgehead atoms. The highest BCUT2D eigenvalue weighted by molar-refractivity contribution is 5.99. The molecule has 1 aromatic heterocycles. The zero-order chi connectivity index (χ0) is 30.2. The molecule has 2 unspecified atom stereocenters. The summed E-state index contributed by atoms with van der Waals surface area (Å²) in [5.74, 6) is 0.415. The Morgan fingerprint density at radius 1 is 0.930 bits per heavy atom. The monoisotopic (exact) mass is 583 g/mol. The Bertz CT molecular complexity index is 1340. The quantitative estimate of drug-likeness (QED) is 0.331. The molecule has 1 saturated heterocycles. The number of benzene rings is 2. The van der Waals surface area contributed by atoms with Crippen molar-refractivity contribution < 1.29 is 9.59 Å². The fourth-order valence-electron chi connectivity index (χ4n) is 6.92. The molecule has 1 N–H and O–H groups in total. The van der Waals surface area contributed by atoms with Gasteiger partial charge in [-0.25, -0.2) is 0 Å². The van der Waals surface area contributed by atoms with E-state index in [1.165, 1.54) is 37.7 Å². The molecule has 2 aliphatic rings. The zero-order valence-electron chi connectivity index (χ0n) is 26.3. The van der Waals surface area contributed by atoms with Crippen molar-refractivity contribution in [2.24, 2.45) is 5.92 Å². The summed E-state index contributed by atoms with van der Waals surface area (Å²) in [5, 5.41) is 5.01. The number of rotatable bonds is 11. The van der Waals surface area contributed by atoms with Gasteiger partial charge in [-0.05, 0) is 55.8 Å². The van der Waals surface area contributed by atoms with E-state index in [1.54, 1.807) is 12.3 Å². The lowest BCUT2D eigenvalue weighted by atomic mass is 9.82. The first-order valence-electron chi connectivity index (χ1n) is 16.4. The number of piperazine rings is 1. The third-order valence-corrected chi connectivity index (χ3v) is 9.66. The third kappa shape index (κ3) is 8.01. The molecule has 230 valence electrons. The van der Waals surface area contributed by atoms with Crippen LogP contribution in [0, 0.1) is 12.8 Å². The van der Waals surface area contributed by atoms with Crippen LogP contribution in [0.3, 0.4) is 0 Å². The van der Waals surface area contributed by atoms with Crippen molar-refractivity contribution in [3.8, 4) is 0 Å². The summed E-state index contributed by atoms with van der Waals surface area (Å²) < 4.78 is 0. The number of fused-ring (bicyclic) bond motifs is 1. The summed E-state index contributed by atoms with van der Waals surface area (Å²) in [6.45, 7) is 13.0. The SMILES string of the molecule is CCN(CC)CC(C1CCCCC1)N1CCN(C(=O)C(Cc2ccc(C)cc2)NC(=O)c2cc3ccccc3cn2)CC1. The van der Waals surface area contributed by atoms with Gasteiger partial charge in [0.2, 0.25) is 5.91 Å². The van der Waals surface area contributed by atoms with Gasteiger partial charge in [0, 0.05) is 56.8 Å². The molecule has 2 fully saturated rings. The zero-order valence-corrected chi connectivity index (χ0v) is 26.3. The first kappa shape index (κ1) is 31.1. The van der Waals surface area contributed by atoms with Gasteiger partial charge in [0.25, 0.3) is 5.91 Å². The molecular formula is C36H49N5O2. The fraction of sp³-hybridized carbons (Fsp3) is 0.528. The maximum Gasteiger partial charge on any atom is 0.270 e. The number of hydrogen-bond donors (Lipinski definition) is 1. The van der Waals surface area contributed by atoms with Crippen molar-refractivity contribution in [1.82, 2.24) is 25.0 Å². The first-order chi connectivity index (χ1) is 20.9. The molecule has 1 saturated carbocycles. The van der Waals surface area contributed by atoms with Gasteiger partial charge in [-0.2, -0.15) is 0 Å². The largest absolute Gasteiger partial charge is 0.339 e. The van der Waals surface area contributed by atoms with Gasteiger partial charge in [-0.3, -0.25) is 19.5 Å². The van der Waals surface area contributed by atoms with Gasteiger partial charge in [0.15, 0.2) is 0 Å². The molecule has 5 rings (SSSR count). The second kappa shape index (κ2) is 14.9. The highest BCUT2D eigenvalue weighted by Gasteiger charge is 2.35. The van der Waals surface area contributed by atoms with Crippen LogP contribution in [-0.2, 0) is 11.2 Å². The van der Waals surface area contributed by atoms with Crippen LogP contribution in [0.25, 0.3) is 10.8 Å². The molecule has 2 atom stereocenters. The number of carbonyl (C=O) groups excluding carboxylic acids is 2. The van der Waals surface area contributed by atoms with E-state index in [0.29, 0.717) is 31.2 Å². The molecule has 0 spiro atoms. The average Bonchev–Trinajstić information content (AvgIpc) is 3.06. The van der Waals surface area contributed by atoms with Crippen molar-refractivity contribution in [1.29, 1.82) is 0 Å². The topological polar surface area (TPSA) is 68.8 Å². The first-order valence-corrected chi connectivity index (χ1v) is 16.4. The Hall–Kier alpha value is -3.29. The minimum atomic E-state index is -0.653. The van der Waals surface area contributed by atoms with E-state index in [-0.39, 0.29) is 11.8 Å². The smallest absolute Gasteiger partial charge is 0.270 e. The highest BCUT2D eigenvalue weighted by atomic mass is 16.2. The van der Waals surface area contributed by atoms with Crippen molar-refractivity contribution >= 4 is 22.6 Å². The van der Waals surface area contributed by atoms with Crippen LogP contribution >= 0.6 is 0 Å². The molecule has 2 heterocycles. The number of pyridine rings is 1. The predicted octanol–water partition coefficient (Wildman–Crippen LogP) is 5.32. The molecule has 1 aliphatic heterocycles. The molecule has 2 amide bonds. The van der Waals surface area contributed by atoms with E-state index < -0.39 is 6.04 Å². The maximum absolute atomic E-state index is 14.1. The van der Waals surface area contributed by atoms with E-state index >= 15 is 0 Å². The number of nitrogens with zero attached hydrogens (tertiary/aromatic N) is 4. The maximum atomic E-state index is 14.1. The van der Waals surface area contributed by atoms with Crippen LogP contribution in [0.1, 0.15) is 67.6 Å². The lowest BCUT2D eigenvalue weighted by Crippen LogP contribution is -2.59. The van der Waals surface area contributed by atoms with E-state index in [4.69, 9.17) is 0 Å². The second-order valence-electron chi connectivity index (χ2n) is 12.4. The van der Waals surface area contributed by atoms with Crippen molar-refractivity contribution in [2.75, 3.05) is 45.8 Å². The van der Waals surface area contributed by atoms with E-state index in [2.05, 4.69) is 65.1 Å². The Morgan fingerprint density at radius 3 is 2.28 bits per heavy atom. The number of likely N-dealkylation sites (N-methyl/N-ethyl adjacent to an activating group) is 1. The molecule has 0 radical (unpaired) electrons. The van der Waals surface area contributed by atoms with Crippen LogP contribution in [0.15, 0.2) is 60.8 Å². The number of hydrogen-bond acceptors (Lipinski definition) is 5. The molecule has 43 heavy (non-hydrogen) atoms. The number of carbonyl (C=O) groups is 2. The summed E-state index contributed by atoms with van der Waals surface area (Å²) in [6.07, 6.45) is 8.85. The van der Waals surface area contributed by atoms with Gasteiger partial charge >= 0.3 is 0 Å². The minimum Gasteiger partial charge on any atom is -0.339 e. The number of aromatic nitrogens is 1. The molecular weight excluding hydrogens is 534 g/mol. The summed E-state index contributed by atoms with van der Waals surface area (Å²) in [6, 6.07) is 17.8. The average molecular weight is 584 g/mol. The Morgan fingerprint density at radius 2 is 1.60 bits per heavy atom. The lowest BCUT2D eigenvalue weighted by molar-refractivity contribution is -0.135. The Kier molecular flexibility index (Phi) is 10.8. The number of aryl methyl sites for hydroxylation is 1. The standard InChI is InChI=1S/C36H49N5O2/c1-4-39(5-2)26-34(29-11-7-6-8-12-29)40-19-21-41(22-20-40)36(43)33(23-28-17-15-27(3)16-18-28)38-35(42)32-24-30-13-9-10-14-31(30)25-37-32/h9-10,13-18,24-25,29,33-34H,4-8,11-12,19-23,26H2,1-3H3,(H,38,42). The molecule has 7 nitrogen and oxygen atoms in total. The van der Waals surface area contributed by atoms with Gasteiger partial charge in [-0.1, -0.05) is 87.2 Å². The van der Waals surface area contributed by atoms with Crippen LogP contribution in [0.4, 0.5) is 0 Å². The van der Waals surface area contributed by atoms with Crippen LogP contribution in [-0.4, -0.2) is 89.4 Å². The Balaban J connectivity index is 1.29. The lowest BCUT2D eigenvalue weighted by Gasteiger charge is -2.45. The van der Waals surface area contributed by atoms with E-state index in [9.17, 15) is 9.59 Å². The van der Waals surface area contributed by atoms with Crippen LogP contribution in [0.2, 0.25) is 0 Å². The summed E-state index contributed by atoms with van der Waals surface area (Å²) in [4.78, 5) is 39.1. The summed E-state index contributed by atoms with van der Waals surface area (Å²) >= 11 is 0. The molecule has 1 aliphatic carbocycles. The Labute approximate surface area is 257 Å². The molecule has 7 heteroatoms. The number of nitrogens with one attached hydrogen (secondary N) is 1. The van der Waals surface area contributed by atoms with Gasteiger partial charge in [-0.15, -0.1) is 0 Å². The molecule has 2 aromatic carbocycles. The third-order valence-electron chi connectivity index (χ3n) is 9.66. The predicted molar refractivity (Wildman–Crippen MR) is 174 cm³/mol. The van der Waals surface area contributed by atoms with Gasteiger partial charge in [0.1, 0.15) is 11.7 Å². The second-order valence-corrected chi connectivity index (χ2v) is 12.4. The normalized spacial score (nSPS) is 18.1.